The summed E-state index contributed by atoms with van der Waals surface area (Å²) in [5.41, 5.74) is 0. The molecule has 1 aromatic rings. The van der Waals surface area contributed by atoms with Gasteiger partial charge in [0.05, 0.1) is 13.2 Å². The van der Waals surface area contributed by atoms with Crippen molar-refractivity contribution in [3.8, 4) is 11.5 Å². The molecule has 0 spiro atoms. The Balaban J connectivity index is 1.42. The number of halogens is 3. The van der Waals surface area contributed by atoms with E-state index in [9.17, 15) is 13.2 Å². The minimum absolute atomic E-state index is 0.0345. The molecule has 2 saturated carbocycles. The van der Waals surface area contributed by atoms with Crippen LogP contribution in [0.3, 0.4) is 0 Å². The molecule has 0 bridgehead atoms. The Bertz CT molecular complexity index is 660. The van der Waals surface area contributed by atoms with Crippen LogP contribution < -0.4 is 9.47 Å². The molecule has 2 aliphatic rings. The van der Waals surface area contributed by atoms with Gasteiger partial charge in [0.15, 0.2) is 11.5 Å². The van der Waals surface area contributed by atoms with Crippen LogP contribution in [0.15, 0.2) is 24.3 Å². The molecule has 3 rings (SSSR count). The highest BCUT2D eigenvalue weighted by atomic mass is 19.2. The Hall–Kier alpha value is -1.65. The van der Waals surface area contributed by atoms with Crippen molar-refractivity contribution >= 4 is 0 Å². The maximum Gasteiger partial charge on any atom is 0.204 e. The molecule has 0 amide bonds. The maximum absolute atomic E-state index is 14.1. The van der Waals surface area contributed by atoms with E-state index in [0.29, 0.717) is 18.4 Å². The lowest BCUT2D eigenvalue weighted by Gasteiger charge is -2.37. The van der Waals surface area contributed by atoms with Gasteiger partial charge in [-0.3, -0.25) is 0 Å². The van der Waals surface area contributed by atoms with E-state index >= 15 is 0 Å². The first kappa shape index (κ1) is 22.0. The average molecular weight is 411 g/mol. The molecule has 0 aliphatic heterocycles. The summed E-state index contributed by atoms with van der Waals surface area (Å²) >= 11 is 0. The summed E-state index contributed by atoms with van der Waals surface area (Å²) in [6.07, 6.45) is 13.0. The van der Waals surface area contributed by atoms with E-state index < -0.39 is 11.6 Å². The number of hydrogen-bond acceptors (Lipinski definition) is 2. The Labute approximate surface area is 172 Å². The summed E-state index contributed by atoms with van der Waals surface area (Å²) < 4.78 is 51.1. The quantitative estimate of drug-likeness (QED) is 0.435. The summed E-state index contributed by atoms with van der Waals surface area (Å²) in [7, 11) is 0. The van der Waals surface area contributed by atoms with Crippen LogP contribution in [-0.4, -0.2) is 19.9 Å². The third kappa shape index (κ3) is 5.93. The van der Waals surface area contributed by atoms with Crippen molar-refractivity contribution < 1.29 is 22.6 Å². The van der Waals surface area contributed by atoms with Gasteiger partial charge in [-0.15, -0.1) is 0 Å². The monoisotopic (exact) mass is 410 g/mol. The lowest BCUT2D eigenvalue weighted by molar-refractivity contribution is 0.127. The van der Waals surface area contributed by atoms with Gasteiger partial charge in [-0.2, -0.15) is 8.78 Å². The first-order valence-electron chi connectivity index (χ1n) is 11.1. The third-order valence-electron chi connectivity index (χ3n) is 6.66. The number of allylic oxidation sites excluding steroid dienone is 2. The lowest BCUT2D eigenvalue weighted by Crippen LogP contribution is -2.27. The molecular formula is C24H33F3O2. The molecular weight excluding hydrogens is 377 g/mol. The molecule has 2 fully saturated rings. The molecule has 0 saturated heterocycles. The van der Waals surface area contributed by atoms with Crippen molar-refractivity contribution in [1.82, 2.24) is 0 Å². The van der Waals surface area contributed by atoms with Gasteiger partial charge in [0, 0.05) is 0 Å². The summed E-state index contributed by atoms with van der Waals surface area (Å²) in [5.74, 6) is 0.426. The van der Waals surface area contributed by atoms with Crippen molar-refractivity contribution in [2.75, 3.05) is 19.9 Å². The second-order valence-electron chi connectivity index (χ2n) is 8.47. The molecule has 1 aromatic carbocycles. The number of hydrogen-bond donors (Lipinski definition) is 0. The molecule has 0 radical (unpaired) electrons. The summed E-state index contributed by atoms with van der Waals surface area (Å²) in [6.45, 7) is 2.08. The molecule has 0 N–H and O–H groups in total. The summed E-state index contributed by atoms with van der Waals surface area (Å²) in [4.78, 5) is 0. The second-order valence-corrected chi connectivity index (χ2v) is 8.47. The van der Waals surface area contributed by atoms with Crippen LogP contribution in [-0.2, 0) is 0 Å². The van der Waals surface area contributed by atoms with Crippen LogP contribution in [0.5, 0.6) is 11.5 Å². The van der Waals surface area contributed by atoms with Crippen LogP contribution in [0.2, 0.25) is 0 Å². The molecule has 0 unspecified atom stereocenters. The van der Waals surface area contributed by atoms with Gasteiger partial charge in [0.2, 0.25) is 11.6 Å². The van der Waals surface area contributed by atoms with Crippen molar-refractivity contribution in [2.24, 2.45) is 23.7 Å². The fourth-order valence-electron chi connectivity index (χ4n) is 4.98. The van der Waals surface area contributed by atoms with E-state index in [1.165, 1.54) is 50.7 Å². The van der Waals surface area contributed by atoms with Crippen molar-refractivity contribution in [1.29, 1.82) is 0 Å². The van der Waals surface area contributed by atoms with Gasteiger partial charge in [-0.1, -0.05) is 12.2 Å². The summed E-state index contributed by atoms with van der Waals surface area (Å²) in [6, 6.07) is 2.87. The van der Waals surface area contributed by atoms with Crippen molar-refractivity contribution in [3.05, 3.63) is 35.9 Å². The highest BCUT2D eigenvalue weighted by Crippen LogP contribution is 2.41. The first-order valence-corrected chi connectivity index (χ1v) is 11.1. The topological polar surface area (TPSA) is 18.5 Å². The van der Waals surface area contributed by atoms with Crippen LogP contribution >= 0.6 is 0 Å². The average Bonchev–Trinajstić information content (AvgIpc) is 2.76. The zero-order chi connectivity index (χ0) is 20.6. The van der Waals surface area contributed by atoms with E-state index in [4.69, 9.17) is 9.47 Å². The van der Waals surface area contributed by atoms with E-state index in [-0.39, 0.29) is 24.8 Å². The zero-order valence-electron chi connectivity index (χ0n) is 17.3. The number of benzene rings is 1. The van der Waals surface area contributed by atoms with Gasteiger partial charge in [-0.25, -0.2) is 4.39 Å². The Morgan fingerprint density at radius 1 is 0.862 bits per heavy atom. The normalized spacial score (nSPS) is 27.9. The molecule has 2 aliphatic carbocycles. The van der Waals surface area contributed by atoms with Gasteiger partial charge in [0.25, 0.3) is 0 Å². The highest BCUT2D eigenvalue weighted by molar-refractivity contribution is 5.35. The van der Waals surface area contributed by atoms with Gasteiger partial charge in [-0.05, 0) is 94.1 Å². The van der Waals surface area contributed by atoms with Crippen LogP contribution in [0.4, 0.5) is 13.2 Å². The molecule has 0 heterocycles. The molecule has 162 valence electrons. The zero-order valence-corrected chi connectivity index (χ0v) is 17.3. The first-order chi connectivity index (χ1) is 14.1. The van der Waals surface area contributed by atoms with Crippen LogP contribution in [0.1, 0.15) is 58.3 Å². The smallest absolute Gasteiger partial charge is 0.204 e. The van der Waals surface area contributed by atoms with E-state index in [1.54, 1.807) is 13.0 Å². The predicted octanol–water partition coefficient (Wildman–Crippen LogP) is 6.88. The number of ether oxygens (including phenoxy) is 2. The standard InChI is InChI=1S/C24H33F3O2/c1-2-28-21-13-14-22(24(27)23(21)26)29-16-18-7-11-20(12-8-18)19-9-5-17(6-10-19)4-3-15-25/h3-4,13-14,17-20H,2,5-12,15-16H2,1H3. The van der Waals surface area contributed by atoms with Gasteiger partial charge in [0.1, 0.15) is 6.67 Å². The van der Waals surface area contributed by atoms with Gasteiger partial charge < -0.3 is 9.47 Å². The third-order valence-corrected chi connectivity index (χ3v) is 6.66. The Kier molecular flexibility index (Phi) is 8.31. The summed E-state index contributed by atoms with van der Waals surface area (Å²) in [5, 5.41) is 0. The minimum atomic E-state index is -0.981. The van der Waals surface area contributed by atoms with Crippen LogP contribution in [0, 0.1) is 35.3 Å². The Morgan fingerprint density at radius 2 is 1.41 bits per heavy atom. The van der Waals surface area contributed by atoms with Gasteiger partial charge >= 0.3 is 0 Å². The Morgan fingerprint density at radius 3 is 1.97 bits per heavy atom. The lowest BCUT2D eigenvalue weighted by atomic mass is 9.69. The van der Waals surface area contributed by atoms with Crippen molar-refractivity contribution in [2.45, 2.75) is 58.3 Å². The SMILES string of the molecule is CCOc1ccc(OCC2CCC(C3CCC(C=CCF)CC3)CC2)c(F)c1F. The van der Waals surface area contributed by atoms with E-state index in [1.807, 2.05) is 6.08 Å². The predicted molar refractivity (Wildman–Crippen MR) is 109 cm³/mol. The van der Waals surface area contributed by atoms with Crippen molar-refractivity contribution in [3.63, 3.8) is 0 Å². The molecule has 5 heteroatoms. The van der Waals surface area contributed by atoms with Crippen LogP contribution in [0.25, 0.3) is 0 Å². The number of alkyl halides is 1. The maximum atomic E-state index is 14.1. The number of rotatable bonds is 8. The molecule has 29 heavy (non-hydrogen) atoms. The molecule has 0 atom stereocenters. The minimum Gasteiger partial charge on any atom is -0.491 e. The fraction of sp³-hybridized carbons (Fsp3) is 0.667. The largest absolute Gasteiger partial charge is 0.491 e. The molecule has 2 nitrogen and oxygen atoms in total. The van der Waals surface area contributed by atoms with E-state index in [2.05, 4.69) is 0 Å². The molecule has 0 aromatic heterocycles. The van der Waals surface area contributed by atoms with E-state index in [0.717, 1.165) is 24.7 Å². The fourth-order valence-corrected chi connectivity index (χ4v) is 4.98. The second kappa shape index (κ2) is 10.9. The highest BCUT2D eigenvalue weighted by Gasteiger charge is 2.30.